The van der Waals surface area contributed by atoms with Crippen molar-refractivity contribution in [3.63, 3.8) is 0 Å². The molecule has 1 amide bonds. The quantitative estimate of drug-likeness (QED) is 0.0243. The molecule has 8 nitrogen and oxygen atoms in total. The first-order valence-electron chi connectivity index (χ1n) is 31.1. The molecule has 0 radical (unpaired) electrons. The van der Waals surface area contributed by atoms with Gasteiger partial charge in [-0.2, -0.15) is 0 Å². The first-order chi connectivity index (χ1) is 34.0. The van der Waals surface area contributed by atoms with Crippen LogP contribution in [0.4, 0.5) is 0 Å². The van der Waals surface area contributed by atoms with Crippen molar-refractivity contribution >= 4 is 13.7 Å². The predicted octanol–water partition coefficient (Wildman–Crippen LogP) is 19.0. The Morgan fingerprint density at radius 3 is 1.10 bits per heavy atom. The Hall–Kier alpha value is -0.760. The molecule has 0 aliphatic rings. The number of carbonyl (C=O) groups excluding carboxylic acids is 1. The number of nitrogens with zero attached hydrogens (tertiary/aromatic N) is 1. The number of phosphoric ester groups is 1. The van der Waals surface area contributed by atoms with Crippen molar-refractivity contribution in [2.45, 2.75) is 334 Å². The van der Waals surface area contributed by atoms with Crippen LogP contribution in [-0.4, -0.2) is 73.4 Å². The fourth-order valence-corrected chi connectivity index (χ4v) is 10.4. The van der Waals surface area contributed by atoms with Crippen molar-refractivity contribution in [3.8, 4) is 0 Å². The average molecular weight is 1010 g/mol. The van der Waals surface area contributed by atoms with Crippen LogP contribution in [-0.2, 0) is 18.4 Å². The lowest BCUT2D eigenvalue weighted by Crippen LogP contribution is -2.46. The Kier molecular flexibility index (Phi) is 52.5. The summed E-state index contributed by atoms with van der Waals surface area (Å²) < 4.78 is 23.8. The minimum absolute atomic E-state index is 0.0767. The lowest BCUT2D eigenvalue weighted by atomic mass is 10.0. The number of aliphatic hydroxyl groups is 1. The van der Waals surface area contributed by atoms with E-state index in [1.807, 2.05) is 21.1 Å². The monoisotopic (exact) mass is 1010 g/mol. The second kappa shape index (κ2) is 53.1. The maximum atomic E-state index is 13.0. The van der Waals surface area contributed by atoms with Crippen LogP contribution in [0.15, 0.2) is 12.2 Å². The van der Waals surface area contributed by atoms with Gasteiger partial charge in [0.2, 0.25) is 5.91 Å². The number of aliphatic hydroxyl groups excluding tert-OH is 1. The molecule has 9 heteroatoms. The highest BCUT2D eigenvalue weighted by Crippen LogP contribution is 2.43. The molecular formula is C61H124N2O6P+. The third-order valence-electron chi connectivity index (χ3n) is 14.5. The molecule has 3 N–H and O–H groups in total. The molecule has 0 aromatic carbocycles. The van der Waals surface area contributed by atoms with E-state index in [1.165, 1.54) is 257 Å². The van der Waals surface area contributed by atoms with Gasteiger partial charge in [0.1, 0.15) is 13.2 Å². The largest absolute Gasteiger partial charge is 0.472 e. The van der Waals surface area contributed by atoms with E-state index in [1.54, 1.807) is 0 Å². The van der Waals surface area contributed by atoms with Crippen molar-refractivity contribution in [3.05, 3.63) is 12.2 Å². The molecule has 3 atom stereocenters. The maximum Gasteiger partial charge on any atom is 0.472 e. The highest BCUT2D eigenvalue weighted by Gasteiger charge is 2.28. The molecule has 0 aromatic heterocycles. The summed E-state index contributed by atoms with van der Waals surface area (Å²) in [5, 5.41) is 14.1. The molecule has 0 spiro atoms. The molecule has 0 saturated carbocycles. The van der Waals surface area contributed by atoms with Gasteiger partial charge in [0.05, 0.1) is 39.9 Å². The Labute approximate surface area is 437 Å². The minimum atomic E-state index is -4.32. The summed E-state index contributed by atoms with van der Waals surface area (Å²) in [5.41, 5.74) is 0. The highest BCUT2D eigenvalue weighted by atomic mass is 31.2. The lowest BCUT2D eigenvalue weighted by Gasteiger charge is -2.26. The topological polar surface area (TPSA) is 105 Å². The van der Waals surface area contributed by atoms with E-state index in [-0.39, 0.29) is 19.1 Å². The molecule has 70 heavy (non-hydrogen) atoms. The van der Waals surface area contributed by atoms with Crippen molar-refractivity contribution in [2.75, 3.05) is 40.9 Å². The van der Waals surface area contributed by atoms with E-state index in [0.29, 0.717) is 23.9 Å². The number of phosphoric acid groups is 1. The average Bonchev–Trinajstić information content (AvgIpc) is 3.32. The third-order valence-corrected chi connectivity index (χ3v) is 15.5. The fourth-order valence-electron chi connectivity index (χ4n) is 9.63. The molecule has 0 saturated heterocycles. The van der Waals surface area contributed by atoms with Crippen LogP contribution in [0.3, 0.4) is 0 Å². The van der Waals surface area contributed by atoms with Crippen LogP contribution in [0.5, 0.6) is 0 Å². The summed E-state index contributed by atoms with van der Waals surface area (Å²) in [4.78, 5) is 23.4. The maximum absolute atomic E-state index is 13.0. The van der Waals surface area contributed by atoms with Crippen LogP contribution in [0.2, 0.25) is 0 Å². The van der Waals surface area contributed by atoms with Gasteiger partial charge in [0, 0.05) is 6.42 Å². The molecule has 0 bridgehead atoms. The van der Waals surface area contributed by atoms with Crippen LogP contribution in [0.1, 0.15) is 322 Å². The number of hydrogen-bond donors (Lipinski definition) is 3. The van der Waals surface area contributed by atoms with Gasteiger partial charge in [-0.25, -0.2) is 4.57 Å². The Balaban J connectivity index is 4.11. The molecule has 3 unspecified atom stereocenters. The number of carbonyl (C=O) groups is 1. The van der Waals surface area contributed by atoms with Crippen molar-refractivity contribution < 1.29 is 32.9 Å². The third kappa shape index (κ3) is 55.0. The molecule has 0 aromatic rings. The van der Waals surface area contributed by atoms with Crippen molar-refractivity contribution in [1.82, 2.24) is 5.32 Å². The molecule has 0 aliphatic carbocycles. The second-order valence-corrected chi connectivity index (χ2v) is 24.2. The predicted molar refractivity (Wildman–Crippen MR) is 305 cm³/mol. The van der Waals surface area contributed by atoms with E-state index in [0.717, 1.165) is 38.5 Å². The van der Waals surface area contributed by atoms with Gasteiger partial charge < -0.3 is 19.8 Å². The number of nitrogens with one attached hydrogen (secondary N) is 1. The van der Waals surface area contributed by atoms with E-state index in [2.05, 4.69) is 31.3 Å². The van der Waals surface area contributed by atoms with Gasteiger partial charge in [-0.05, 0) is 38.5 Å². The lowest BCUT2D eigenvalue weighted by molar-refractivity contribution is -0.870. The standard InChI is InChI=1S/C61H123N2O6P/c1-6-8-10-12-14-16-18-20-22-24-26-28-30-32-34-36-38-40-42-44-46-48-50-52-54-60(64)59(58-69-70(66,67)68-57-56-63(3,4)5)62-61(65)55-53-51-49-47-45-43-41-39-37-35-33-31-29-27-25-23-21-19-17-15-13-11-9-7-2/h33,35,59-60,64H,6-32,34,36-58H2,1-5H3,(H-,62,65,66,67)/p+1/b35-33-. The summed E-state index contributed by atoms with van der Waals surface area (Å²) >= 11 is 0. The van der Waals surface area contributed by atoms with E-state index >= 15 is 0 Å². The summed E-state index contributed by atoms with van der Waals surface area (Å²) in [7, 11) is 1.63. The summed E-state index contributed by atoms with van der Waals surface area (Å²) in [6.07, 6.45) is 65.6. The molecule has 0 rings (SSSR count). The van der Waals surface area contributed by atoms with Crippen molar-refractivity contribution in [1.29, 1.82) is 0 Å². The number of likely N-dealkylation sites (N-methyl/N-ethyl adjacent to an activating group) is 1. The SMILES string of the molecule is CCCCCCCCCCCCCC/C=C\CCCCCCCCCCC(=O)NC(COP(=O)(O)OCC[N+](C)(C)C)C(O)CCCCCCCCCCCCCCCCCCCCCCCCCC. The van der Waals surface area contributed by atoms with E-state index < -0.39 is 20.0 Å². The highest BCUT2D eigenvalue weighted by molar-refractivity contribution is 7.47. The molecule has 0 heterocycles. The molecule has 0 fully saturated rings. The number of amides is 1. The van der Waals surface area contributed by atoms with Gasteiger partial charge >= 0.3 is 7.82 Å². The first-order valence-corrected chi connectivity index (χ1v) is 32.5. The number of allylic oxidation sites excluding steroid dienone is 2. The zero-order valence-corrected chi connectivity index (χ0v) is 48.7. The Morgan fingerprint density at radius 1 is 0.471 bits per heavy atom. The normalized spacial score (nSPS) is 13.9. The van der Waals surface area contributed by atoms with Crippen LogP contribution >= 0.6 is 7.82 Å². The van der Waals surface area contributed by atoms with Crippen LogP contribution in [0, 0.1) is 0 Å². The van der Waals surface area contributed by atoms with Crippen molar-refractivity contribution in [2.24, 2.45) is 0 Å². The zero-order valence-electron chi connectivity index (χ0n) is 47.8. The smallest absolute Gasteiger partial charge is 0.391 e. The summed E-state index contributed by atoms with van der Waals surface area (Å²) in [6, 6.07) is -0.760. The number of hydrogen-bond acceptors (Lipinski definition) is 5. The fraction of sp³-hybridized carbons (Fsp3) is 0.951. The Bertz CT molecular complexity index is 1150. The molecular weight excluding hydrogens is 888 g/mol. The van der Waals surface area contributed by atoms with Crippen LogP contribution in [0.25, 0.3) is 0 Å². The number of unbranched alkanes of at least 4 members (excludes halogenated alkanes) is 43. The van der Waals surface area contributed by atoms with Crippen LogP contribution < -0.4 is 5.32 Å². The molecule has 418 valence electrons. The Morgan fingerprint density at radius 2 is 0.771 bits per heavy atom. The van der Waals surface area contributed by atoms with Gasteiger partial charge in [-0.1, -0.05) is 289 Å². The van der Waals surface area contributed by atoms with E-state index in [9.17, 15) is 19.4 Å². The van der Waals surface area contributed by atoms with E-state index in [4.69, 9.17) is 9.05 Å². The molecule has 0 aliphatic heterocycles. The number of rotatable bonds is 58. The van der Waals surface area contributed by atoms with Gasteiger partial charge in [-0.15, -0.1) is 0 Å². The summed E-state index contributed by atoms with van der Waals surface area (Å²) in [5.74, 6) is -0.141. The van der Waals surface area contributed by atoms with Gasteiger partial charge in [0.25, 0.3) is 0 Å². The minimum Gasteiger partial charge on any atom is -0.391 e. The summed E-state index contributed by atoms with van der Waals surface area (Å²) in [6.45, 7) is 4.94. The second-order valence-electron chi connectivity index (χ2n) is 22.8. The van der Waals surface area contributed by atoms with Gasteiger partial charge in [-0.3, -0.25) is 13.8 Å². The number of quaternary nitrogens is 1. The zero-order chi connectivity index (χ0) is 51.3. The first kappa shape index (κ1) is 69.2. The van der Waals surface area contributed by atoms with Gasteiger partial charge in [0.15, 0.2) is 0 Å².